The van der Waals surface area contributed by atoms with Crippen LogP contribution < -0.4 is 10.6 Å². The summed E-state index contributed by atoms with van der Waals surface area (Å²) in [6.45, 7) is 0.973. The Bertz CT molecular complexity index is 183. The number of rotatable bonds is 7. The summed E-state index contributed by atoms with van der Waals surface area (Å²) in [7, 11) is 0. The highest BCUT2D eigenvalue weighted by Gasteiger charge is 2.20. The molecule has 4 N–H and O–H groups in total. The van der Waals surface area contributed by atoms with E-state index in [1.54, 1.807) is 0 Å². The number of aliphatic hydroxyl groups is 2. The molecule has 1 aliphatic carbocycles. The fourth-order valence-corrected chi connectivity index (χ4v) is 1.07. The van der Waals surface area contributed by atoms with Gasteiger partial charge in [0.05, 0.1) is 19.3 Å². The largest absolute Gasteiger partial charge is 0.394 e. The van der Waals surface area contributed by atoms with Crippen molar-refractivity contribution in [2.75, 3.05) is 26.2 Å². The lowest BCUT2D eigenvalue weighted by Gasteiger charge is -2.09. The molecule has 0 heterocycles. The zero-order valence-corrected chi connectivity index (χ0v) is 8.20. The molecule has 5 heteroatoms. The van der Waals surface area contributed by atoms with Crippen molar-refractivity contribution in [2.24, 2.45) is 5.92 Å². The van der Waals surface area contributed by atoms with Gasteiger partial charge in [0.2, 0.25) is 5.91 Å². The molecule has 1 fully saturated rings. The summed E-state index contributed by atoms with van der Waals surface area (Å²) in [5, 5.41) is 23.0. The van der Waals surface area contributed by atoms with Crippen LogP contribution in [0, 0.1) is 5.92 Å². The fourth-order valence-electron chi connectivity index (χ4n) is 1.07. The van der Waals surface area contributed by atoms with Crippen LogP contribution in [0.25, 0.3) is 0 Å². The Hall–Kier alpha value is -0.650. The van der Waals surface area contributed by atoms with Gasteiger partial charge in [0.1, 0.15) is 0 Å². The van der Waals surface area contributed by atoms with E-state index in [0.29, 0.717) is 0 Å². The van der Waals surface area contributed by atoms with Gasteiger partial charge in [0, 0.05) is 6.54 Å². The molecule has 0 aromatic heterocycles. The summed E-state index contributed by atoms with van der Waals surface area (Å²) in [6, 6.07) is 0. The third-order valence-corrected chi connectivity index (χ3v) is 2.16. The molecule has 1 saturated carbocycles. The van der Waals surface area contributed by atoms with Crippen LogP contribution in [-0.4, -0.2) is 48.5 Å². The van der Waals surface area contributed by atoms with Gasteiger partial charge in [-0.05, 0) is 25.3 Å². The van der Waals surface area contributed by atoms with Crippen molar-refractivity contribution in [1.82, 2.24) is 10.6 Å². The lowest BCUT2D eigenvalue weighted by Crippen LogP contribution is -2.39. The van der Waals surface area contributed by atoms with Crippen molar-refractivity contribution in [1.29, 1.82) is 0 Å². The van der Waals surface area contributed by atoms with Crippen molar-refractivity contribution in [3.63, 3.8) is 0 Å². The van der Waals surface area contributed by atoms with Crippen molar-refractivity contribution in [3.05, 3.63) is 0 Å². The Morgan fingerprint density at radius 2 is 2.21 bits per heavy atom. The highest BCUT2D eigenvalue weighted by atomic mass is 16.3. The molecule has 82 valence electrons. The van der Waals surface area contributed by atoms with Gasteiger partial charge >= 0.3 is 0 Å². The van der Waals surface area contributed by atoms with Crippen molar-refractivity contribution < 1.29 is 15.0 Å². The molecule has 0 aromatic rings. The topological polar surface area (TPSA) is 81.6 Å². The molecule has 0 radical (unpaired) electrons. The maximum atomic E-state index is 11.1. The molecule has 0 saturated heterocycles. The quantitative estimate of drug-likeness (QED) is 0.403. The van der Waals surface area contributed by atoms with Crippen molar-refractivity contribution >= 4 is 5.91 Å². The van der Waals surface area contributed by atoms with Gasteiger partial charge in [0.25, 0.3) is 0 Å². The van der Waals surface area contributed by atoms with Crippen LogP contribution in [0.15, 0.2) is 0 Å². The van der Waals surface area contributed by atoms with Crippen molar-refractivity contribution in [2.45, 2.75) is 18.9 Å². The first-order chi connectivity index (χ1) is 6.72. The average Bonchev–Trinajstić information content (AvgIpc) is 2.98. The Morgan fingerprint density at radius 1 is 1.50 bits per heavy atom. The van der Waals surface area contributed by atoms with Crippen LogP contribution in [0.4, 0.5) is 0 Å². The van der Waals surface area contributed by atoms with Crippen LogP contribution >= 0.6 is 0 Å². The van der Waals surface area contributed by atoms with Gasteiger partial charge in [-0.25, -0.2) is 0 Å². The van der Waals surface area contributed by atoms with Crippen LogP contribution in [0.2, 0.25) is 0 Å². The van der Waals surface area contributed by atoms with Gasteiger partial charge in [-0.2, -0.15) is 0 Å². The van der Waals surface area contributed by atoms with Gasteiger partial charge in [-0.1, -0.05) is 0 Å². The number of carbonyl (C=O) groups excluding carboxylic acids is 1. The normalized spacial score (nSPS) is 17.9. The molecule has 0 bridgehead atoms. The summed E-state index contributed by atoms with van der Waals surface area (Å²) in [5.74, 6) is 0.615. The summed E-state index contributed by atoms with van der Waals surface area (Å²) in [5.41, 5.74) is 0. The van der Waals surface area contributed by atoms with E-state index in [1.807, 2.05) is 0 Å². The highest BCUT2D eigenvalue weighted by molar-refractivity contribution is 5.77. The number of carbonyl (C=O) groups is 1. The second-order valence-corrected chi connectivity index (χ2v) is 3.71. The summed E-state index contributed by atoms with van der Waals surface area (Å²) in [4.78, 5) is 11.1. The second-order valence-electron chi connectivity index (χ2n) is 3.71. The zero-order valence-electron chi connectivity index (χ0n) is 8.20. The fraction of sp³-hybridized carbons (Fsp3) is 0.889. The molecule has 0 spiro atoms. The average molecular weight is 202 g/mol. The standard InChI is InChI=1S/C9H18N2O3/c12-6-8(13)4-11-9(14)5-10-3-7-1-2-7/h7-8,10,12-13H,1-6H2,(H,11,14). The number of aliphatic hydroxyl groups excluding tert-OH is 2. The van der Waals surface area contributed by atoms with E-state index in [2.05, 4.69) is 10.6 Å². The molecule has 5 nitrogen and oxygen atoms in total. The molecule has 1 rings (SSSR count). The minimum Gasteiger partial charge on any atom is -0.394 e. The van der Waals surface area contributed by atoms with Crippen LogP contribution in [0.3, 0.4) is 0 Å². The molecule has 1 atom stereocenters. The molecule has 0 aliphatic heterocycles. The van der Waals surface area contributed by atoms with E-state index in [4.69, 9.17) is 10.2 Å². The maximum Gasteiger partial charge on any atom is 0.234 e. The van der Waals surface area contributed by atoms with E-state index in [-0.39, 0.29) is 25.6 Å². The summed E-state index contributed by atoms with van der Waals surface area (Å²) < 4.78 is 0. The molecule has 1 aliphatic rings. The van der Waals surface area contributed by atoms with Gasteiger partial charge in [0.15, 0.2) is 0 Å². The van der Waals surface area contributed by atoms with E-state index >= 15 is 0 Å². The Balaban J connectivity index is 1.92. The molecule has 0 aromatic carbocycles. The Kier molecular flexibility index (Phi) is 4.86. The predicted octanol–water partition coefficient (Wildman–Crippen LogP) is -1.54. The third-order valence-electron chi connectivity index (χ3n) is 2.16. The molecular formula is C9H18N2O3. The van der Waals surface area contributed by atoms with Gasteiger partial charge in [-0.15, -0.1) is 0 Å². The SMILES string of the molecule is O=C(CNCC1CC1)NCC(O)CO. The van der Waals surface area contributed by atoms with Crippen LogP contribution in [-0.2, 0) is 4.79 Å². The Morgan fingerprint density at radius 3 is 2.79 bits per heavy atom. The zero-order chi connectivity index (χ0) is 10.4. The lowest BCUT2D eigenvalue weighted by molar-refractivity contribution is -0.120. The minimum absolute atomic E-state index is 0.112. The number of amides is 1. The van der Waals surface area contributed by atoms with E-state index in [9.17, 15) is 4.79 Å². The second kappa shape index (κ2) is 5.95. The number of nitrogens with one attached hydrogen (secondary N) is 2. The first-order valence-electron chi connectivity index (χ1n) is 4.98. The van der Waals surface area contributed by atoms with Crippen molar-refractivity contribution in [3.8, 4) is 0 Å². The third kappa shape index (κ3) is 5.16. The summed E-state index contributed by atoms with van der Waals surface area (Å²) >= 11 is 0. The molecule has 1 amide bonds. The molecule has 1 unspecified atom stereocenters. The minimum atomic E-state index is -0.859. The first-order valence-corrected chi connectivity index (χ1v) is 4.98. The first kappa shape index (κ1) is 11.4. The number of hydrogen-bond acceptors (Lipinski definition) is 4. The predicted molar refractivity (Wildman–Crippen MR) is 51.7 cm³/mol. The monoisotopic (exact) mass is 202 g/mol. The van der Waals surface area contributed by atoms with E-state index in [0.717, 1.165) is 12.5 Å². The Labute approximate surface area is 83.5 Å². The molecule has 14 heavy (non-hydrogen) atoms. The van der Waals surface area contributed by atoms with Gasteiger partial charge < -0.3 is 20.8 Å². The lowest BCUT2D eigenvalue weighted by atomic mass is 10.3. The smallest absolute Gasteiger partial charge is 0.234 e. The number of hydrogen-bond donors (Lipinski definition) is 4. The maximum absolute atomic E-state index is 11.1. The highest BCUT2D eigenvalue weighted by Crippen LogP contribution is 2.27. The van der Waals surface area contributed by atoms with Crippen LogP contribution in [0.1, 0.15) is 12.8 Å². The van der Waals surface area contributed by atoms with E-state index < -0.39 is 6.10 Å². The van der Waals surface area contributed by atoms with Crippen LogP contribution in [0.5, 0.6) is 0 Å². The molecular weight excluding hydrogens is 184 g/mol. The summed E-state index contributed by atoms with van der Waals surface area (Å²) in [6.07, 6.45) is 1.66. The van der Waals surface area contributed by atoms with Gasteiger partial charge in [-0.3, -0.25) is 4.79 Å². The van der Waals surface area contributed by atoms with E-state index in [1.165, 1.54) is 12.8 Å².